The topological polar surface area (TPSA) is 77.8 Å². The summed E-state index contributed by atoms with van der Waals surface area (Å²) in [6, 6.07) is 3.38. The summed E-state index contributed by atoms with van der Waals surface area (Å²) in [6.07, 6.45) is 0. The van der Waals surface area contributed by atoms with Gasteiger partial charge in [0.15, 0.2) is 0 Å². The van der Waals surface area contributed by atoms with Gasteiger partial charge in [0.25, 0.3) is 0 Å². The monoisotopic (exact) mass is 138 g/mol. The number of aromatic nitrogens is 2. The lowest BCUT2D eigenvalue weighted by molar-refractivity contribution is 0.754. The maximum absolute atomic E-state index is 5.52. The van der Waals surface area contributed by atoms with Crippen LogP contribution in [0.4, 0.5) is 5.82 Å². The third kappa shape index (κ3) is 1.41. The van der Waals surface area contributed by atoms with Crippen molar-refractivity contribution >= 4 is 5.82 Å². The van der Waals surface area contributed by atoms with Crippen molar-refractivity contribution in [3.05, 3.63) is 17.8 Å². The summed E-state index contributed by atoms with van der Waals surface area (Å²) < 4.78 is 0. The summed E-state index contributed by atoms with van der Waals surface area (Å²) in [7, 11) is 0. The molecule has 0 spiro atoms. The van der Waals surface area contributed by atoms with Crippen LogP contribution in [0.1, 0.15) is 18.7 Å². The lowest BCUT2D eigenvalue weighted by Gasteiger charge is -2.01. The van der Waals surface area contributed by atoms with E-state index < -0.39 is 0 Å². The van der Waals surface area contributed by atoms with Crippen LogP contribution < -0.4 is 11.5 Å². The second-order valence-corrected chi connectivity index (χ2v) is 2.17. The van der Waals surface area contributed by atoms with Gasteiger partial charge in [0, 0.05) is 6.04 Å². The molecule has 0 saturated carbocycles. The minimum atomic E-state index is -0.0758. The fraction of sp³-hybridized carbons (Fsp3) is 0.333. The lowest BCUT2D eigenvalue weighted by Crippen LogP contribution is -2.08. The van der Waals surface area contributed by atoms with Gasteiger partial charge in [0.2, 0.25) is 0 Å². The number of anilines is 1. The summed E-state index contributed by atoms with van der Waals surface area (Å²) in [5.74, 6) is 0.421. The Morgan fingerprint density at radius 1 is 1.40 bits per heavy atom. The van der Waals surface area contributed by atoms with Crippen LogP contribution >= 0.6 is 0 Å². The van der Waals surface area contributed by atoms with E-state index in [1.165, 1.54) is 0 Å². The molecule has 0 aliphatic carbocycles. The number of hydrogen-bond acceptors (Lipinski definition) is 4. The van der Waals surface area contributed by atoms with E-state index in [2.05, 4.69) is 10.2 Å². The highest BCUT2D eigenvalue weighted by Gasteiger charge is 1.99. The number of nitrogens with two attached hydrogens (primary N) is 2. The van der Waals surface area contributed by atoms with Crippen LogP contribution in [0.2, 0.25) is 0 Å². The molecule has 0 fully saturated rings. The summed E-state index contributed by atoms with van der Waals surface area (Å²) >= 11 is 0. The standard InChI is InChI=1S/C6H10N4/c1-4(7)5-2-3-6(8)10-9-5/h2-4H,7H2,1H3,(H2,8,10). The molecule has 4 nitrogen and oxygen atoms in total. The molecule has 1 aromatic rings. The van der Waals surface area contributed by atoms with Gasteiger partial charge in [0.05, 0.1) is 5.69 Å². The van der Waals surface area contributed by atoms with Crippen molar-refractivity contribution in [1.29, 1.82) is 0 Å². The van der Waals surface area contributed by atoms with Crippen molar-refractivity contribution in [2.45, 2.75) is 13.0 Å². The summed E-state index contributed by atoms with van der Waals surface area (Å²) in [5, 5.41) is 7.43. The maximum atomic E-state index is 5.52. The number of nitrogens with zero attached hydrogens (tertiary/aromatic N) is 2. The Kier molecular flexibility index (Phi) is 1.82. The molecule has 1 unspecified atom stereocenters. The largest absolute Gasteiger partial charge is 0.382 e. The second kappa shape index (κ2) is 2.62. The van der Waals surface area contributed by atoms with Gasteiger partial charge in [-0.05, 0) is 19.1 Å². The maximum Gasteiger partial charge on any atom is 0.146 e. The van der Waals surface area contributed by atoms with E-state index in [-0.39, 0.29) is 6.04 Å². The molecule has 10 heavy (non-hydrogen) atoms. The van der Waals surface area contributed by atoms with Crippen LogP contribution in [0.15, 0.2) is 12.1 Å². The Morgan fingerprint density at radius 2 is 2.10 bits per heavy atom. The van der Waals surface area contributed by atoms with Gasteiger partial charge in [-0.2, -0.15) is 5.10 Å². The normalized spacial score (nSPS) is 13.0. The molecule has 0 aliphatic heterocycles. The van der Waals surface area contributed by atoms with Crippen molar-refractivity contribution in [1.82, 2.24) is 10.2 Å². The Morgan fingerprint density at radius 3 is 2.50 bits per heavy atom. The third-order valence-electron chi connectivity index (χ3n) is 1.17. The van der Waals surface area contributed by atoms with Gasteiger partial charge in [-0.15, -0.1) is 5.10 Å². The minimum absolute atomic E-state index is 0.0758. The average Bonchev–Trinajstić information content (AvgIpc) is 1.88. The van der Waals surface area contributed by atoms with Gasteiger partial charge in [-0.1, -0.05) is 0 Å². The molecular formula is C6H10N4. The molecule has 54 valence electrons. The van der Waals surface area contributed by atoms with Crippen molar-refractivity contribution in [2.24, 2.45) is 5.73 Å². The van der Waals surface area contributed by atoms with Crippen LogP contribution in [0.5, 0.6) is 0 Å². The highest BCUT2D eigenvalue weighted by Crippen LogP contribution is 2.04. The van der Waals surface area contributed by atoms with Crippen molar-refractivity contribution in [3.63, 3.8) is 0 Å². The van der Waals surface area contributed by atoms with Crippen molar-refractivity contribution < 1.29 is 0 Å². The van der Waals surface area contributed by atoms with Gasteiger partial charge in [0.1, 0.15) is 5.82 Å². The Bertz CT molecular complexity index is 203. The molecule has 1 atom stereocenters. The van der Waals surface area contributed by atoms with Crippen LogP contribution in [-0.2, 0) is 0 Å². The minimum Gasteiger partial charge on any atom is -0.382 e. The quantitative estimate of drug-likeness (QED) is 0.576. The molecule has 1 heterocycles. The second-order valence-electron chi connectivity index (χ2n) is 2.17. The average molecular weight is 138 g/mol. The molecule has 0 aromatic carbocycles. The number of hydrogen-bond donors (Lipinski definition) is 2. The fourth-order valence-electron chi connectivity index (χ4n) is 0.596. The van der Waals surface area contributed by atoms with E-state index in [1.807, 2.05) is 6.92 Å². The zero-order chi connectivity index (χ0) is 7.56. The van der Waals surface area contributed by atoms with Crippen LogP contribution in [0.3, 0.4) is 0 Å². The van der Waals surface area contributed by atoms with E-state index in [9.17, 15) is 0 Å². The summed E-state index contributed by atoms with van der Waals surface area (Å²) in [4.78, 5) is 0. The van der Waals surface area contributed by atoms with Gasteiger partial charge >= 0.3 is 0 Å². The molecule has 0 radical (unpaired) electrons. The first-order valence-corrected chi connectivity index (χ1v) is 3.05. The van der Waals surface area contributed by atoms with E-state index in [0.29, 0.717) is 5.82 Å². The number of rotatable bonds is 1. The summed E-state index contributed by atoms with van der Waals surface area (Å²) in [5.41, 5.74) is 11.6. The fourth-order valence-corrected chi connectivity index (χ4v) is 0.596. The predicted molar refractivity (Wildman–Crippen MR) is 39.0 cm³/mol. The van der Waals surface area contributed by atoms with Gasteiger partial charge in [-0.25, -0.2) is 0 Å². The predicted octanol–water partition coefficient (Wildman–Crippen LogP) is 0.0785. The zero-order valence-corrected chi connectivity index (χ0v) is 5.78. The molecular weight excluding hydrogens is 128 g/mol. The molecule has 0 amide bonds. The first kappa shape index (κ1) is 6.95. The molecule has 0 bridgehead atoms. The van der Waals surface area contributed by atoms with Crippen molar-refractivity contribution in [3.8, 4) is 0 Å². The molecule has 1 aromatic heterocycles. The van der Waals surface area contributed by atoms with Crippen LogP contribution in [-0.4, -0.2) is 10.2 Å². The van der Waals surface area contributed by atoms with E-state index in [4.69, 9.17) is 11.5 Å². The van der Waals surface area contributed by atoms with Gasteiger partial charge in [-0.3, -0.25) is 0 Å². The summed E-state index contributed by atoms with van der Waals surface area (Å²) in [6.45, 7) is 1.85. The van der Waals surface area contributed by atoms with Crippen molar-refractivity contribution in [2.75, 3.05) is 5.73 Å². The first-order chi connectivity index (χ1) is 4.70. The highest BCUT2D eigenvalue weighted by atomic mass is 15.1. The molecule has 0 aliphatic rings. The van der Waals surface area contributed by atoms with E-state index >= 15 is 0 Å². The Balaban J connectivity index is 2.89. The van der Waals surface area contributed by atoms with Crippen LogP contribution in [0.25, 0.3) is 0 Å². The smallest absolute Gasteiger partial charge is 0.146 e. The lowest BCUT2D eigenvalue weighted by atomic mass is 10.2. The Hall–Kier alpha value is -1.16. The van der Waals surface area contributed by atoms with E-state index in [0.717, 1.165) is 5.69 Å². The molecule has 4 heteroatoms. The Labute approximate surface area is 59.2 Å². The van der Waals surface area contributed by atoms with Crippen LogP contribution in [0, 0.1) is 0 Å². The highest BCUT2D eigenvalue weighted by molar-refractivity contribution is 5.26. The van der Waals surface area contributed by atoms with E-state index in [1.54, 1.807) is 12.1 Å². The first-order valence-electron chi connectivity index (χ1n) is 3.05. The zero-order valence-electron chi connectivity index (χ0n) is 5.78. The molecule has 4 N–H and O–H groups in total. The van der Waals surface area contributed by atoms with Gasteiger partial charge < -0.3 is 11.5 Å². The third-order valence-corrected chi connectivity index (χ3v) is 1.17. The molecule has 0 saturated heterocycles. The SMILES string of the molecule is CC(N)c1ccc(N)nn1. The number of nitrogen functional groups attached to an aromatic ring is 1. The molecule has 1 rings (SSSR count).